The van der Waals surface area contributed by atoms with Gasteiger partial charge in [0.15, 0.2) is 17.4 Å². The highest BCUT2D eigenvalue weighted by atomic mass is 27.0. The Balaban J connectivity index is 0.000000640. The first kappa shape index (κ1) is 9.49. The predicted molar refractivity (Wildman–Crippen MR) is 43.6 cm³/mol. The van der Waals surface area contributed by atoms with E-state index >= 15 is 0 Å². The molecule has 1 aliphatic rings. The largest absolute Gasteiger partial charge is 0.390 e. The molecule has 0 aromatic carbocycles. The van der Waals surface area contributed by atoms with Gasteiger partial charge in [-0.05, 0) is 25.7 Å². The Morgan fingerprint density at radius 3 is 2.22 bits per heavy atom. The molecule has 9 heavy (non-hydrogen) atoms. The zero-order valence-electron chi connectivity index (χ0n) is 5.65. The molecule has 1 saturated carbocycles. The Morgan fingerprint density at radius 2 is 2.11 bits per heavy atom. The van der Waals surface area contributed by atoms with Crippen LogP contribution in [-0.4, -0.2) is 28.1 Å². The number of hydrogen-bond acceptors (Lipinski definition) is 1. The molecule has 1 aliphatic carbocycles. The Bertz CT molecular complexity index is 90.9. The minimum Gasteiger partial charge on any atom is -0.390 e. The van der Waals surface area contributed by atoms with Crippen LogP contribution in [-0.2, 0) is 0 Å². The molecule has 2 atom stereocenters. The van der Waals surface area contributed by atoms with Crippen LogP contribution < -0.4 is 0 Å². The van der Waals surface area contributed by atoms with Crippen LogP contribution in [0, 0.1) is 5.92 Å². The Kier molecular flexibility index (Phi) is 3.22. The minimum atomic E-state index is -0.347. The molecular formula is C7H17AlO. The van der Waals surface area contributed by atoms with Gasteiger partial charge in [-0.2, -0.15) is 0 Å². The lowest BCUT2D eigenvalue weighted by Crippen LogP contribution is -2.26. The fourth-order valence-corrected chi connectivity index (χ4v) is 1.32. The molecule has 1 rings (SSSR count). The zero-order chi connectivity index (χ0) is 6.20. The first-order chi connectivity index (χ1) is 3.63. The summed E-state index contributed by atoms with van der Waals surface area (Å²) in [5, 5.41) is 9.46. The van der Waals surface area contributed by atoms with E-state index in [0.717, 1.165) is 6.42 Å². The molecule has 1 N–H and O–H groups in total. The average Bonchev–Trinajstić information content (AvgIpc) is 1.86. The van der Waals surface area contributed by atoms with Crippen molar-refractivity contribution in [1.82, 2.24) is 0 Å². The maximum atomic E-state index is 9.46. The highest BCUT2D eigenvalue weighted by Crippen LogP contribution is 2.34. The molecular weight excluding hydrogens is 127 g/mol. The second-order valence-corrected chi connectivity index (χ2v) is 3.15. The Labute approximate surface area is 67.6 Å². The van der Waals surface area contributed by atoms with Crippen molar-refractivity contribution in [2.24, 2.45) is 5.92 Å². The molecule has 0 bridgehead atoms. The first-order valence-corrected chi connectivity index (χ1v) is 3.35. The topological polar surface area (TPSA) is 20.2 Å². The van der Waals surface area contributed by atoms with Crippen molar-refractivity contribution in [3.63, 3.8) is 0 Å². The smallest absolute Gasteiger partial charge is 0.187 e. The van der Waals surface area contributed by atoms with E-state index in [0.29, 0.717) is 5.92 Å². The van der Waals surface area contributed by atoms with Crippen LogP contribution in [0.25, 0.3) is 0 Å². The normalized spacial score (nSPS) is 42.3. The van der Waals surface area contributed by atoms with E-state index in [2.05, 4.69) is 6.92 Å². The van der Waals surface area contributed by atoms with Crippen molar-refractivity contribution >= 4 is 17.4 Å². The molecule has 0 spiro atoms. The molecule has 2 heteroatoms. The van der Waals surface area contributed by atoms with Gasteiger partial charge in [-0.3, -0.25) is 0 Å². The number of hydrogen-bond donors (Lipinski definition) is 1. The van der Waals surface area contributed by atoms with Crippen molar-refractivity contribution in [1.29, 1.82) is 0 Å². The van der Waals surface area contributed by atoms with Crippen LogP contribution in [0.1, 0.15) is 33.1 Å². The predicted octanol–water partition coefficient (Wildman–Crippen LogP) is 0.373. The van der Waals surface area contributed by atoms with Crippen LogP contribution >= 0.6 is 0 Å². The fourth-order valence-electron chi connectivity index (χ4n) is 1.32. The van der Waals surface area contributed by atoms with Crippen LogP contribution in [0.5, 0.6) is 0 Å². The number of aliphatic hydroxyl groups is 1. The van der Waals surface area contributed by atoms with E-state index in [1.54, 1.807) is 0 Å². The summed E-state index contributed by atoms with van der Waals surface area (Å²) in [6, 6.07) is 0. The lowest BCUT2D eigenvalue weighted by molar-refractivity contribution is 0.0284. The molecule has 1 nitrogen and oxygen atoms in total. The molecule has 1 fully saturated rings. The van der Waals surface area contributed by atoms with E-state index in [1.165, 1.54) is 12.8 Å². The Morgan fingerprint density at radius 1 is 1.56 bits per heavy atom. The van der Waals surface area contributed by atoms with E-state index in [9.17, 15) is 5.11 Å². The standard InChI is InChI=1S/C7H14O.Al.3H/c1-6-4-3-5-7(6,2)8;;;;/h6,8H,3-5H2,1-2H3;;;;. The van der Waals surface area contributed by atoms with Crippen LogP contribution in [0.15, 0.2) is 0 Å². The average molecular weight is 144 g/mol. The molecule has 0 aliphatic heterocycles. The fraction of sp³-hybridized carbons (Fsp3) is 1.00. The van der Waals surface area contributed by atoms with Gasteiger partial charge in [0.05, 0.1) is 5.60 Å². The molecule has 0 saturated heterocycles. The van der Waals surface area contributed by atoms with Crippen molar-refractivity contribution in [2.45, 2.75) is 38.7 Å². The highest BCUT2D eigenvalue weighted by Gasteiger charge is 2.32. The van der Waals surface area contributed by atoms with Gasteiger partial charge in [0.1, 0.15) is 0 Å². The van der Waals surface area contributed by atoms with Gasteiger partial charge in [0.25, 0.3) is 0 Å². The van der Waals surface area contributed by atoms with E-state index in [4.69, 9.17) is 0 Å². The van der Waals surface area contributed by atoms with E-state index in [1.807, 2.05) is 6.92 Å². The molecule has 0 aromatic rings. The third-order valence-corrected chi connectivity index (χ3v) is 2.38. The van der Waals surface area contributed by atoms with Crippen LogP contribution in [0.2, 0.25) is 0 Å². The molecule has 54 valence electrons. The van der Waals surface area contributed by atoms with Crippen molar-refractivity contribution < 1.29 is 5.11 Å². The van der Waals surface area contributed by atoms with Crippen LogP contribution in [0.4, 0.5) is 0 Å². The summed E-state index contributed by atoms with van der Waals surface area (Å²) < 4.78 is 0. The van der Waals surface area contributed by atoms with Gasteiger partial charge in [0.2, 0.25) is 0 Å². The summed E-state index contributed by atoms with van der Waals surface area (Å²) in [5.41, 5.74) is -0.347. The van der Waals surface area contributed by atoms with Gasteiger partial charge < -0.3 is 5.11 Å². The molecule has 2 unspecified atom stereocenters. The lowest BCUT2D eigenvalue weighted by Gasteiger charge is -2.20. The molecule has 0 aromatic heterocycles. The maximum absolute atomic E-state index is 9.46. The van der Waals surface area contributed by atoms with E-state index < -0.39 is 0 Å². The van der Waals surface area contributed by atoms with Crippen molar-refractivity contribution in [3.8, 4) is 0 Å². The van der Waals surface area contributed by atoms with Crippen molar-refractivity contribution in [2.75, 3.05) is 0 Å². The summed E-state index contributed by atoms with van der Waals surface area (Å²) in [5.74, 6) is 0.516. The van der Waals surface area contributed by atoms with Crippen LogP contribution in [0.3, 0.4) is 0 Å². The molecule has 0 amide bonds. The molecule has 0 radical (unpaired) electrons. The monoisotopic (exact) mass is 144 g/mol. The van der Waals surface area contributed by atoms with Gasteiger partial charge in [-0.1, -0.05) is 13.3 Å². The lowest BCUT2D eigenvalue weighted by atomic mass is 9.95. The summed E-state index contributed by atoms with van der Waals surface area (Å²) in [4.78, 5) is 0. The minimum absolute atomic E-state index is 0. The second kappa shape index (κ2) is 3.05. The Hall–Kier alpha value is 0.492. The van der Waals surface area contributed by atoms with Gasteiger partial charge in [-0.15, -0.1) is 0 Å². The molecule has 0 heterocycles. The number of rotatable bonds is 0. The first-order valence-electron chi connectivity index (χ1n) is 3.35. The third-order valence-electron chi connectivity index (χ3n) is 2.38. The highest BCUT2D eigenvalue weighted by molar-refractivity contribution is 5.75. The van der Waals surface area contributed by atoms with Gasteiger partial charge in [-0.25, -0.2) is 0 Å². The van der Waals surface area contributed by atoms with Gasteiger partial charge >= 0.3 is 0 Å². The maximum Gasteiger partial charge on any atom is 0.187 e. The summed E-state index contributed by atoms with van der Waals surface area (Å²) >= 11 is 0. The quantitative estimate of drug-likeness (QED) is 0.487. The van der Waals surface area contributed by atoms with Gasteiger partial charge in [0, 0.05) is 0 Å². The SMILES string of the molecule is CC1CCCC1(C)O.[AlH3]. The third kappa shape index (κ3) is 1.97. The van der Waals surface area contributed by atoms with E-state index in [-0.39, 0.29) is 23.0 Å². The second-order valence-electron chi connectivity index (χ2n) is 3.15. The summed E-state index contributed by atoms with van der Waals surface area (Å²) in [6.07, 6.45) is 3.40. The summed E-state index contributed by atoms with van der Waals surface area (Å²) in [7, 11) is 0. The summed E-state index contributed by atoms with van der Waals surface area (Å²) in [6.45, 7) is 4.05. The zero-order valence-corrected chi connectivity index (χ0v) is 5.65. The van der Waals surface area contributed by atoms with Crippen molar-refractivity contribution in [3.05, 3.63) is 0 Å².